The van der Waals surface area contributed by atoms with Crippen LogP contribution in [0.2, 0.25) is 0 Å². The third-order valence-corrected chi connectivity index (χ3v) is 3.99. The molecule has 1 aliphatic heterocycles. The van der Waals surface area contributed by atoms with Crippen LogP contribution in [-0.2, 0) is 11.2 Å². The second kappa shape index (κ2) is 7.63. The molecule has 0 aliphatic carbocycles. The van der Waals surface area contributed by atoms with E-state index in [1.165, 1.54) is 0 Å². The van der Waals surface area contributed by atoms with Crippen LogP contribution in [0.1, 0.15) is 24.8 Å². The Kier molecular flexibility index (Phi) is 5.83. The lowest BCUT2D eigenvalue weighted by molar-refractivity contribution is -0.164. The zero-order valence-corrected chi connectivity index (χ0v) is 12.3. The van der Waals surface area contributed by atoms with E-state index in [0.29, 0.717) is 25.9 Å². The Bertz CT molecular complexity index is 470. The fraction of sp³-hybridized carbons (Fsp3) is 0.562. The van der Waals surface area contributed by atoms with Gasteiger partial charge in [-0.3, -0.25) is 4.79 Å². The molecule has 0 saturated carbocycles. The Labute approximate surface area is 128 Å². The summed E-state index contributed by atoms with van der Waals surface area (Å²) in [5.41, 5.74) is 0.841. The quantitative estimate of drug-likeness (QED) is 0.877. The zero-order chi connectivity index (χ0) is 16.0. The number of hydrogen-bond acceptors (Lipinski definition) is 2. The summed E-state index contributed by atoms with van der Waals surface area (Å²) in [4.78, 5) is 12.0. The average molecular weight is 314 g/mol. The molecule has 6 heteroatoms. The summed E-state index contributed by atoms with van der Waals surface area (Å²) in [6.07, 6.45) is -3.08. The van der Waals surface area contributed by atoms with Crippen molar-refractivity contribution in [3.63, 3.8) is 0 Å². The summed E-state index contributed by atoms with van der Waals surface area (Å²) in [5, 5.41) is 5.30. The minimum Gasteiger partial charge on any atom is -0.344 e. The third-order valence-electron chi connectivity index (χ3n) is 3.99. The first-order valence-electron chi connectivity index (χ1n) is 7.58. The highest BCUT2D eigenvalue weighted by Gasteiger charge is 2.41. The third kappa shape index (κ3) is 5.02. The normalized spacial score (nSPS) is 18.0. The van der Waals surface area contributed by atoms with E-state index in [1.807, 2.05) is 6.07 Å². The van der Waals surface area contributed by atoms with Gasteiger partial charge in [0.25, 0.3) is 0 Å². The molecule has 1 unspecified atom stereocenters. The van der Waals surface area contributed by atoms with Crippen molar-refractivity contribution in [1.29, 1.82) is 0 Å². The number of carbonyl (C=O) groups is 1. The Morgan fingerprint density at radius 3 is 2.45 bits per heavy atom. The molecule has 22 heavy (non-hydrogen) atoms. The lowest BCUT2D eigenvalue weighted by Crippen LogP contribution is -2.49. The van der Waals surface area contributed by atoms with Crippen LogP contribution in [0, 0.1) is 5.92 Å². The number of carbonyl (C=O) groups excluding carboxylic acids is 1. The zero-order valence-electron chi connectivity index (χ0n) is 12.3. The monoisotopic (exact) mass is 314 g/mol. The van der Waals surface area contributed by atoms with Crippen molar-refractivity contribution >= 4 is 5.91 Å². The lowest BCUT2D eigenvalue weighted by atomic mass is 9.96. The molecule has 3 nitrogen and oxygen atoms in total. The topological polar surface area (TPSA) is 41.1 Å². The number of benzene rings is 1. The van der Waals surface area contributed by atoms with Gasteiger partial charge in [-0.1, -0.05) is 30.3 Å². The van der Waals surface area contributed by atoms with Crippen molar-refractivity contribution in [2.75, 3.05) is 13.1 Å². The van der Waals surface area contributed by atoms with Crippen molar-refractivity contribution in [2.24, 2.45) is 5.92 Å². The highest BCUT2D eigenvalue weighted by Crippen LogP contribution is 2.25. The van der Waals surface area contributed by atoms with Crippen LogP contribution in [0.15, 0.2) is 30.3 Å². The van der Waals surface area contributed by atoms with E-state index in [2.05, 4.69) is 10.6 Å². The summed E-state index contributed by atoms with van der Waals surface area (Å²) >= 11 is 0. The van der Waals surface area contributed by atoms with E-state index >= 15 is 0 Å². The number of rotatable bonds is 5. The molecule has 2 rings (SSSR count). The van der Waals surface area contributed by atoms with E-state index < -0.39 is 18.1 Å². The lowest BCUT2D eigenvalue weighted by Gasteiger charge is -2.26. The molecule has 1 aromatic rings. The molecule has 2 N–H and O–H groups in total. The minimum absolute atomic E-state index is 0.135. The molecule has 1 heterocycles. The van der Waals surface area contributed by atoms with Gasteiger partial charge in [-0.05, 0) is 44.3 Å². The van der Waals surface area contributed by atoms with Crippen LogP contribution in [0.3, 0.4) is 0 Å². The Hall–Kier alpha value is -1.56. The van der Waals surface area contributed by atoms with E-state index in [-0.39, 0.29) is 18.8 Å². The molecule has 122 valence electrons. The highest BCUT2D eigenvalue weighted by molar-refractivity contribution is 5.79. The average Bonchev–Trinajstić information content (AvgIpc) is 2.52. The van der Waals surface area contributed by atoms with E-state index in [9.17, 15) is 18.0 Å². The number of amides is 1. The van der Waals surface area contributed by atoms with E-state index in [0.717, 1.165) is 5.56 Å². The molecular weight excluding hydrogens is 293 g/mol. The summed E-state index contributed by atoms with van der Waals surface area (Å²) in [6.45, 7) is 1.36. The van der Waals surface area contributed by atoms with Crippen molar-refractivity contribution in [2.45, 2.75) is 37.9 Å². The minimum atomic E-state index is -4.42. The van der Waals surface area contributed by atoms with Crippen LogP contribution in [0.5, 0.6) is 0 Å². The van der Waals surface area contributed by atoms with Gasteiger partial charge in [0.15, 0.2) is 0 Å². The fourth-order valence-corrected chi connectivity index (χ4v) is 2.65. The molecule has 0 aromatic heterocycles. The Balaban J connectivity index is 1.92. The van der Waals surface area contributed by atoms with E-state index in [4.69, 9.17) is 0 Å². The number of nitrogens with one attached hydrogen (secondary N) is 2. The second-order valence-electron chi connectivity index (χ2n) is 5.65. The molecular formula is C16H21F3N2O. The molecule has 0 radical (unpaired) electrons. The Morgan fingerprint density at radius 2 is 1.86 bits per heavy atom. The van der Waals surface area contributed by atoms with Crippen molar-refractivity contribution in [1.82, 2.24) is 10.6 Å². The van der Waals surface area contributed by atoms with Crippen molar-refractivity contribution in [3.8, 4) is 0 Å². The molecule has 0 spiro atoms. The standard InChI is InChI=1S/C16H21F3N2O/c17-16(18,19)14(7-6-12-4-2-1-3-5-12)21-15(22)13-8-10-20-11-9-13/h1-5,13-14,20H,6-11H2,(H,21,22). The number of aryl methyl sites for hydroxylation is 1. The van der Waals surface area contributed by atoms with Crippen LogP contribution in [0.25, 0.3) is 0 Å². The maximum absolute atomic E-state index is 13.1. The van der Waals surface area contributed by atoms with Gasteiger partial charge in [0.05, 0.1) is 0 Å². The number of halogens is 3. The summed E-state index contributed by atoms with van der Waals surface area (Å²) in [7, 11) is 0. The molecule has 1 saturated heterocycles. The summed E-state index contributed by atoms with van der Waals surface area (Å²) in [6, 6.07) is 7.22. The van der Waals surface area contributed by atoms with Gasteiger partial charge >= 0.3 is 6.18 Å². The summed E-state index contributed by atoms with van der Waals surface area (Å²) in [5.74, 6) is -0.792. The van der Waals surface area contributed by atoms with Crippen molar-refractivity contribution in [3.05, 3.63) is 35.9 Å². The first-order valence-corrected chi connectivity index (χ1v) is 7.58. The van der Waals surface area contributed by atoms with Gasteiger partial charge in [-0.2, -0.15) is 13.2 Å². The molecule has 1 fully saturated rings. The summed E-state index contributed by atoms with van der Waals surface area (Å²) < 4.78 is 39.4. The van der Waals surface area contributed by atoms with Crippen LogP contribution < -0.4 is 10.6 Å². The van der Waals surface area contributed by atoms with Crippen LogP contribution in [0.4, 0.5) is 13.2 Å². The molecule has 1 amide bonds. The molecule has 1 aliphatic rings. The predicted octanol–water partition coefficient (Wildman–Crippen LogP) is 2.67. The first-order chi connectivity index (χ1) is 10.5. The maximum Gasteiger partial charge on any atom is 0.408 e. The number of alkyl halides is 3. The highest BCUT2D eigenvalue weighted by atomic mass is 19.4. The van der Waals surface area contributed by atoms with Gasteiger partial charge < -0.3 is 10.6 Å². The molecule has 0 bridgehead atoms. The van der Waals surface area contributed by atoms with Crippen molar-refractivity contribution < 1.29 is 18.0 Å². The van der Waals surface area contributed by atoms with Gasteiger partial charge in [0, 0.05) is 5.92 Å². The molecule has 1 atom stereocenters. The maximum atomic E-state index is 13.1. The van der Waals surface area contributed by atoms with Gasteiger partial charge in [0.2, 0.25) is 5.91 Å². The number of hydrogen-bond donors (Lipinski definition) is 2. The predicted molar refractivity (Wildman–Crippen MR) is 78.3 cm³/mol. The van der Waals surface area contributed by atoms with Gasteiger partial charge in [-0.15, -0.1) is 0 Å². The Morgan fingerprint density at radius 1 is 1.23 bits per heavy atom. The smallest absolute Gasteiger partial charge is 0.344 e. The molecule has 1 aromatic carbocycles. The van der Waals surface area contributed by atoms with Crippen LogP contribution in [-0.4, -0.2) is 31.2 Å². The fourth-order valence-electron chi connectivity index (χ4n) is 2.65. The first kappa shape index (κ1) is 16.8. The van der Waals surface area contributed by atoms with E-state index in [1.54, 1.807) is 24.3 Å². The number of piperidine rings is 1. The van der Waals surface area contributed by atoms with Crippen LogP contribution >= 0.6 is 0 Å². The van der Waals surface area contributed by atoms with Gasteiger partial charge in [-0.25, -0.2) is 0 Å². The second-order valence-corrected chi connectivity index (χ2v) is 5.65. The SMILES string of the molecule is O=C(NC(CCc1ccccc1)C(F)(F)F)C1CCNCC1. The largest absolute Gasteiger partial charge is 0.408 e. The van der Waals surface area contributed by atoms with Gasteiger partial charge in [0.1, 0.15) is 6.04 Å².